The van der Waals surface area contributed by atoms with Crippen LogP contribution in [0.5, 0.6) is 0 Å². The Kier molecular flexibility index (Phi) is 15.8. The predicted octanol–water partition coefficient (Wildman–Crippen LogP) is 6.36. The molecule has 0 rings (SSSR count). The van der Waals surface area contributed by atoms with Crippen molar-refractivity contribution in [3.63, 3.8) is 0 Å². The summed E-state index contributed by atoms with van der Waals surface area (Å²) in [5.74, 6) is 0. The SMILES string of the molecule is CCCCCCCCCCCCOP(CC)CC. The molecule has 18 heavy (non-hydrogen) atoms. The lowest BCUT2D eigenvalue weighted by molar-refractivity contribution is 0.335. The lowest BCUT2D eigenvalue weighted by atomic mass is 10.1. The van der Waals surface area contributed by atoms with E-state index in [9.17, 15) is 0 Å². The molecule has 0 aromatic rings. The molecule has 0 bridgehead atoms. The van der Waals surface area contributed by atoms with Crippen LogP contribution in [0.4, 0.5) is 0 Å². The van der Waals surface area contributed by atoms with Gasteiger partial charge < -0.3 is 4.52 Å². The minimum absolute atomic E-state index is 0.0925. The molecule has 0 fully saturated rings. The second-order valence-electron chi connectivity index (χ2n) is 5.13. The maximum Gasteiger partial charge on any atom is 0.0508 e. The van der Waals surface area contributed by atoms with E-state index in [4.69, 9.17) is 4.52 Å². The Hall–Kier alpha value is 0.390. The Bertz CT molecular complexity index is 146. The Morgan fingerprint density at radius 2 is 1.06 bits per heavy atom. The van der Waals surface area contributed by atoms with Crippen molar-refractivity contribution in [3.05, 3.63) is 0 Å². The largest absolute Gasteiger partial charge is 0.359 e. The molecular weight excluding hydrogens is 239 g/mol. The standard InChI is InChI=1S/C16H35OP/c1-4-7-8-9-10-11-12-13-14-15-16-17-18(5-2)6-3/h4-16H2,1-3H3. The van der Waals surface area contributed by atoms with E-state index in [-0.39, 0.29) is 8.15 Å². The summed E-state index contributed by atoms with van der Waals surface area (Å²) in [6, 6.07) is 0. The molecule has 0 saturated heterocycles. The van der Waals surface area contributed by atoms with Crippen LogP contribution >= 0.6 is 8.15 Å². The van der Waals surface area contributed by atoms with Gasteiger partial charge in [0.2, 0.25) is 0 Å². The highest BCUT2D eigenvalue weighted by Crippen LogP contribution is 2.35. The first-order chi connectivity index (χ1) is 8.85. The first-order valence-electron chi connectivity index (χ1n) is 8.23. The summed E-state index contributed by atoms with van der Waals surface area (Å²) in [7, 11) is -0.0925. The topological polar surface area (TPSA) is 9.23 Å². The highest BCUT2D eigenvalue weighted by atomic mass is 31.1. The third-order valence-corrected chi connectivity index (χ3v) is 5.44. The molecule has 0 aromatic carbocycles. The maximum absolute atomic E-state index is 5.88. The fourth-order valence-electron chi connectivity index (χ4n) is 2.19. The van der Waals surface area contributed by atoms with Crippen LogP contribution in [-0.2, 0) is 4.52 Å². The zero-order chi connectivity index (χ0) is 13.5. The summed E-state index contributed by atoms with van der Waals surface area (Å²) < 4.78 is 5.88. The van der Waals surface area contributed by atoms with E-state index in [0.29, 0.717) is 0 Å². The van der Waals surface area contributed by atoms with Crippen molar-refractivity contribution in [3.8, 4) is 0 Å². The van der Waals surface area contributed by atoms with E-state index in [0.717, 1.165) is 6.61 Å². The minimum Gasteiger partial charge on any atom is -0.359 e. The molecule has 0 radical (unpaired) electrons. The van der Waals surface area contributed by atoms with Crippen LogP contribution in [0.3, 0.4) is 0 Å². The van der Waals surface area contributed by atoms with Gasteiger partial charge in [-0.05, 0) is 18.7 Å². The predicted molar refractivity (Wildman–Crippen MR) is 85.8 cm³/mol. The quantitative estimate of drug-likeness (QED) is 0.264. The molecule has 0 N–H and O–H groups in total. The van der Waals surface area contributed by atoms with Gasteiger partial charge in [-0.25, -0.2) is 0 Å². The number of rotatable bonds is 14. The third-order valence-electron chi connectivity index (χ3n) is 3.48. The van der Waals surface area contributed by atoms with Crippen molar-refractivity contribution in [2.75, 3.05) is 18.9 Å². The number of hydrogen-bond donors (Lipinski definition) is 0. The van der Waals surface area contributed by atoms with Gasteiger partial charge in [0.25, 0.3) is 0 Å². The van der Waals surface area contributed by atoms with E-state index >= 15 is 0 Å². The molecule has 0 aliphatic carbocycles. The molecule has 2 heteroatoms. The summed E-state index contributed by atoms with van der Waals surface area (Å²) in [5, 5.41) is 0. The fraction of sp³-hybridized carbons (Fsp3) is 1.00. The average molecular weight is 274 g/mol. The molecule has 1 nitrogen and oxygen atoms in total. The van der Waals surface area contributed by atoms with Crippen LogP contribution < -0.4 is 0 Å². The summed E-state index contributed by atoms with van der Waals surface area (Å²) in [4.78, 5) is 0. The van der Waals surface area contributed by atoms with Gasteiger partial charge in [-0.15, -0.1) is 0 Å². The number of unbranched alkanes of at least 4 members (excludes halogenated alkanes) is 9. The van der Waals surface area contributed by atoms with Crippen LogP contribution in [0.2, 0.25) is 0 Å². The summed E-state index contributed by atoms with van der Waals surface area (Å²) >= 11 is 0. The zero-order valence-corrected chi connectivity index (χ0v) is 13.9. The second-order valence-corrected chi connectivity index (χ2v) is 7.62. The van der Waals surface area contributed by atoms with Crippen LogP contribution in [0, 0.1) is 0 Å². The van der Waals surface area contributed by atoms with Crippen LogP contribution in [-0.4, -0.2) is 18.9 Å². The van der Waals surface area contributed by atoms with Crippen molar-refractivity contribution in [1.29, 1.82) is 0 Å². The van der Waals surface area contributed by atoms with Crippen molar-refractivity contribution in [2.45, 2.75) is 85.0 Å². The molecule has 0 aliphatic rings. The summed E-state index contributed by atoms with van der Waals surface area (Å²) in [6.45, 7) is 7.77. The Labute approximate surface area is 117 Å². The lowest BCUT2D eigenvalue weighted by Crippen LogP contribution is -1.93. The van der Waals surface area contributed by atoms with E-state index in [1.165, 1.54) is 76.5 Å². The molecule has 0 spiro atoms. The van der Waals surface area contributed by atoms with E-state index in [1.807, 2.05) is 0 Å². The van der Waals surface area contributed by atoms with E-state index < -0.39 is 0 Å². The minimum atomic E-state index is -0.0925. The van der Waals surface area contributed by atoms with Gasteiger partial charge in [-0.2, -0.15) is 0 Å². The monoisotopic (exact) mass is 274 g/mol. The zero-order valence-electron chi connectivity index (χ0n) is 13.0. The Morgan fingerprint density at radius 1 is 0.611 bits per heavy atom. The van der Waals surface area contributed by atoms with Crippen LogP contribution in [0.15, 0.2) is 0 Å². The van der Waals surface area contributed by atoms with Crippen molar-refractivity contribution in [1.82, 2.24) is 0 Å². The Balaban J connectivity index is 3.03. The van der Waals surface area contributed by atoms with Gasteiger partial charge in [0.15, 0.2) is 0 Å². The summed E-state index contributed by atoms with van der Waals surface area (Å²) in [6.07, 6.45) is 16.5. The molecule has 0 atom stereocenters. The molecule has 0 aromatic heterocycles. The van der Waals surface area contributed by atoms with Gasteiger partial charge in [-0.1, -0.05) is 78.6 Å². The first kappa shape index (κ1) is 18.4. The maximum atomic E-state index is 5.88. The van der Waals surface area contributed by atoms with Crippen LogP contribution in [0.25, 0.3) is 0 Å². The van der Waals surface area contributed by atoms with E-state index in [2.05, 4.69) is 20.8 Å². The fourth-order valence-corrected chi connectivity index (χ4v) is 3.39. The molecule has 0 aliphatic heterocycles. The second kappa shape index (κ2) is 15.4. The van der Waals surface area contributed by atoms with Gasteiger partial charge in [0, 0.05) is 8.15 Å². The van der Waals surface area contributed by atoms with Gasteiger partial charge in [-0.3, -0.25) is 0 Å². The van der Waals surface area contributed by atoms with Gasteiger partial charge >= 0.3 is 0 Å². The molecule has 0 unspecified atom stereocenters. The highest BCUT2D eigenvalue weighted by molar-refractivity contribution is 7.52. The van der Waals surface area contributed by atoms with E-state index in [1.54, 1.807) is 0 Å². The van der Waals surface area contributed by atoms with Gasteiger partial charge in [0.1, 0.15) is 0 Å². The number of hydrogen-bond acceptors (Lipinski definition) is 1. The van der Waals surface area contributed by atoms with Crippen LogP contribution in [0.1, 0.15) is 85.0 Å². The summed E-state index contributed by atoms with van der Waals surface area (Å²) in [5.41, 5.74) is 0. The molecule has 0 heterocycles. The van der Waals surface area contributed by atoms with Crippen molar-refractivity contribution in [2.24, 2.45) is 0 Å². The van der Waals surface area contributed by atoms with Crippen molar-refractivity contribution >= 4 is 8.15 Å². The first-order valence-corrected chi connectivity index (χ1v) is 9.86. The molecule has 110 valence electrons. The van der Waals surface area contributed by atoms with Gasteiger partial charge in [0.05, 0.1) is 6.61 Å². The molecule has 0 amide bonds. The molecule has 0 saturated carbocycles. The third kappa shape index (κ3) is 12.8. The molecular formula is C16H35OP. The normalized spacial score (nSPS) is 11.3. The Morgan fingerprint density at radius 3 is 1.50 bits per heavy atom. The van der Waals surface area contributed by atoms with Crippen molar-refractivity contribution < 1.29 is 4.52 Å². The smallest absolute Gasteiger partial charge is 0.0508 e. The lowest BCUT2D eigenvalue weighted by Gasteiger charge is -2.13. The highest BCUT2D eigenvalue weighted by Gasteiger charge is 2.01. The average Bonchev–Trinajstić information content (AvgIpc) is 2.40.